The smallest absolute Gasteiger partial charge is 0.146 e. The summed E-state index contributed by atoms with van der Waals surface area (Å²) in [5.74, 6) is 2.20. The molecule has 4 rings (SSSR count). The van der Waals surface area contributed by atoms with Gasteiger partial charge in [-0.1, -0.05) is 48.5 Å². The fourth-order valence-electron chi connectivity index (χ4n) is 3.13. The molecule has 0 spiro atoms. The SMILES string of the molecule is c1ccc(-c2ncc(N3CCCC3)n2-c2ccccc2)cc1. The van der Waals surface area contributed by atoms with Crippen molar-refractivity contribution in [1.29, 1.82) is 0 Å². The summed E-state index contributed by atoms with van der Waals surface area (Å²) in [7, 11) is 0. The number of para-hydroxylation sites is 1. The van der Waals surface area contributed by atoms with Crippen LogP contribution in [0.3, 0.4) is 0 Å². The molecule has 0 unspecified atom stereocenters. The maximum absolute atomic E-state index is 4.73. The Labute approximate surface area is 130 Å². The Morgan fingerprint density at radius 3 is 2.09 bits per heavy atom. The Morgan fingerprint density at radius 2 is 1.41 bits per heavy atom. The van der Waals surface area contributed by atoms with Crippen molar-refractivity contribution in [3.63, 3.8) is 0 Å². The zero-order chi connectivity index (χ0) is 14.8. The summed E-state index contributed by atoms with van der Waals surface area (Å²) in [5, 5.41) is 0. The third kappa shape index (κ3) is 2.29. The Bertz CT molecular complexity index is 741. The van der Waals surface area contributed by atoms with Crippen molar-refractivity contribution < 1.29 is 0 Å². The van der Waals surface area contributed by atoms with Crippen LogP contribution in [-0.2, 0) is 0 Å². The molecule has 0 bridgehead atoms. The van der Waals surface area contributed by atoms with Gasteiger partial charge in [0.1, 0.15) is 11.6 Å². The van der Waals surface area contributed by atoms with Gasteiger partial charge in [-0.15, -0.1) is 0 Å². The maximum atomic E-state index is 4.73. The van der Waals surface area contributed by atoms with Crippen LogP contribution in [0.25, 0.3) is 17.1 Å². The second-order valence-electron chi connectivity index (χ2n) is 5.67. The predicted octanol–water partition coefficient (Wildman–Crippen LogP) is 4.14. The van der Waals surface area contributed by atoms with Gasteiger partial charge in [-0.3, -0.25) is 4.57 Å². The van der Waals surface area contributed by atoms with E-state index in [-0.39, 0.29) is 0 Å². The van der Waals surface area contributed by atoms with Crippen LogP contribution in [0.15, 0.2) is 66.9 Å². The van der Waals surface area contributed by atoms with Gasteiger partial charge in [-0.25, -0.2) is 4.98 Å². The van der Waals surface area contributed by atoms with Crippen LogP contribution >= 0.6 is 0 Å². The molecule has 0 aliphatic carbocycles. The Kier molecular flexibility index (Phi) is 3.39. The molecule has 0 saturated carbocycles. The second-order valence-corrected chi connectivity index (χ2v) is 5.67. The van der Waals surface area contributed by atoms with Crippen LogP contribution in [-0.4, -0.2) is 22.6 Å². The lowest BCUT2D eigenvalue weighted by atomic mass is 10.2. The zero-order valence-corrected chi connectivity index (χ0v) is 12.5. The van der Waals surface area contributed by atoms with Gasteiger partial charge in [-0.2, -0.15) is 0 Å². The molecular weight excluding hydrogens is 270 g/mol. The molecule has 2 heterocycles. The topological polar surface area (TPSA) is 21.1 Å². The Hall–Kier alpha value is -2.55. The van der Waals surface area contributed by atoms with Gasteiger partial charge in [0, 0.05) is 24.3 Å². The van der Waals surface area contributed by atoms with Gasteiger partial charge in [0.25, 0.3) is 0 Å². The van der Waals surface area contributed by atoms with Crippen molar-refractivity contribution in [3.05, 3.63) is 66.9 Å². The summed E-state index contributed by atoms with van der Waals surface area (Å²) in [5.41, 5.74) is 2.32. The molecule has 1 aromatic heterocycles. The molecule has 3 aromatic rings. The monoisotopic (exact) mass is 289 g/mol. The van der Waals surface area contributed by atoms with E-state index in [1.807, 2.05) is 12.3 Å². The highest BCUT2D eigenvalue weighted by molar-refractivity contribution is 5.64. The number of nitrogens with zero attached hydrogens (tertiary/aromatic N) is 3. The summed E-state index contributed by atoms with van der Waals surface area (Å²) < 4.78 is 2.28. The van der Waals surface area contributed by atoms with Crippen molar-refractivity contribution in [1.82, 2.24) is 9.55 Å². The lowest BCUT2D eigenvalue weighted by Gasteiger charge is -2.20. The van der Waals surface area contributed by atoms with Crippen molar-refractivity contribution >= 4 is 5.82 Å². The maximum Gasteiger partial charge on any atom is 0.146 e. The third-order valence-corrected chi connectivity index (χ3v) is 4.22. The Morgan fingerprint density at radius 1 is 0.773 bits per heavy atom. The lowest BCUT2D eigenvalue weighted by Crippen LogP contribution is -2.20. The number of hydrogen-bond acceptors (Lipinski definition) is 2. The van der Waals surface area contributed by atoms with Crippen LogP contribution in [0.2, 0.25) is 0 Å². The molecule has 0 N–H and O–H groups in total. The average Bonchev–Trinajstić information content (AvgIpc) is 3.25. The minimum absolute atomic E-state index is 1.01. The van der Waals surface area contributed by atoms with Crippen LogP contribution in [0.1, 0.15) is 12.8 Å². The molecule has 3 nitrogen and oxygen atoms in total. The van der Waals surface area contributed by atoms with Crippen LogP contribution < -0.4 is 4.90 Å². The van der Waals surface area contributed by atoms with E-state index in [0.29, 0.717) is 0 Å². The van der Waals surface area contributed by atoms with E-state index in [4.69, 9.17) is 4.98 Å². The number of benzene rings is 2. The zero-order valence-electron chi connectivity index (χ0n) is 12.5. The van der Waals surface area contributed by atoms with E-state index in [1.54, 1.807) is 0 Å². The number of hydrogen-bond donors (Lipinski definition) is 0. The molecule has 1 saturated heterocycles. The van der Waals surface area contributed by atoms with Gasteiger partial charge < -0.3 is 4.90 Å². The lowest BCUT2D eigenvalue weighted by molar-refractivity contribution is 0.903. The highest BCUT2D eigenvalue weighted by Gasteiger charge is 2.20. The molecule has 1 aliphatic heterocycles. The molecule has 110 valence electrons. The molecule has 2 aromatic carbocycles. The summed E-state index contributed by atoms with van der Waals surface area (Å²) in [6.45, 7) is 2.24. The fraction of sp³-hybridized carbons (Fsp3) is 0.211. The number of aromatic nitrogens is 2. The molecule has 0 atom stereocenters. The van der Waals surface area contributed by atoms with Gasteiger partial charge in [-0.05, 0) is 25.0 Å². The summed E-state index contributed by atoms with van der Waals surface area (Å²) in [4.78, 5) is 7.17. The molecule has 0 radical (unpaired) electrons. The molecule has 22 heavy (non-hydrogen) atoms. The first kappa shape index (κ1) is 13.1. The minimum Gasteiger partial charge on any atom is -0.356 e. The van der Waals surface area contributed by atoms with E-state index in [0.717, 1.165) is 24.5 Å². The van der Waals surface area contributed by atoms with Crippen molar-refractivity contribution in [2.45, 2.75) is 12.8 Å². The van der Waals surface area contributed by atoms with E-state index in [1.165, 1.54) is 24.3 Å². The third-order valence-electron chi connectivity index (χ3n) is 4.22. The normalized spacial score (nSPS) is 14.5. The second kappa shape index (κ2) is 5.68. The first-order valence-electron chi connectivity index (χ1n) is 7.87. The summed E-state index contributed by atoms with van der Waals surface area (Å²) >= 11 is 0. The van der Waals surface area contributed by atoms with Crippen molar-refractivity contribution in [2.24, 2.45) is 0 Å². The van der Waals surface area contributed by atoms with Gasteiger partial charge in [0.2, 0.25) is 0 Å². The van der Waals surface area contributed by atoms with Crippen molar-refractivity contribution in [3.8, 4) is 17.1 Å². The number of anilines is 1. The minimum atomic E-state index is 1.01. The van der Waals surface area contributed by atoms with Crippen LogP contribution in [0.5, 0.6) is 0 Å². The molecule has 3 heteroatoms. The highest BCUT2D eigenvalue weighted by Crippen LogP contribution is 2.30. The highest BCUT2D eigenvalue weighted by atomic mass is 15.3. The quantitative estimate of drug-likeness (QED) is 0.722. The van der Waals surface area contributed by atoms with Gasteiger partial charge in [0.15, 0.2) is 0 Å². The van der Waals surface area contributed by atoms with Gasteiger partial charge in [0.05, 0.1) is 6.20 Å². The van der Waals surface area contributed by atoms with E-state index in [9.17, 15) is 0 Å². The Balaban J connectivity index is 1.89. The first-order valence-corrected chi connectivity index (χ1v) is 7.87. The predicted molar refractivity (Wildman–Crippen MR) is 90.4 cm³/mol. The molecule has 1 fully saturated rings. The van der Waals surface area contributed by atoms with E-state index >= 15 is 0 Å². The standard InChI is InChI=1S/C19H19N3/c1-3-9-16(10-4-1)19-20-15-18(21-13-7-8-14-21)22(19)17-11-5-2-6-12-17/h1-6,9-12,15H,7-8,13-14H2. The van der Waals surface area contributed by atoms with Crippen LogP contribution in [0.4, 0.5) is 5.82 Å². The first-order chi connectivity index (χ1) is 10.9. The van der Waals surface area contributed by atoms with Crippen LogP contribution in [0, 0.1) is 0 Å². The van der Waals surface area contributed by atoms with Gasteiger partial charge >= 0.3 is 0 Å². The number of rotatable bonds is 3. The average molecular weight is 289 g/mol. The summed E-state index contributed by atoms with van der Waals surface area (Å²) in [6, 6.07) is 20.9. The van der Waals surface area contributed by atoms with Crippen molar-refractivity contribution in [2.75, 3.05) is 18.0 Å². The fourth-order valence-corrected chi connectivity index (χ4v) is 3.13. The molecular formula is C19H19N3. The summed E-state index contributed by atoms with van der Waals surface area (Å²) in [6.07, 6.45) is 4.54. The largest absolute Gasteiger partial charge is 0.356 e. The molecule has 1 aliphatic rings. The van der Waals surface area contributed by atoms with E-state index < -0.39 is 0 Å². The number of imidazole rings is 1. The molecule has 0 amide bonds. The van der Waals surface area contributed by atoms with E-state index in [2.05, 4.69) is 64.1 Å².